The summed E-state index contributed by atoms with van der Waals surface area (Å²) in [6, 6.07) is 0. The highest BCUT2D eigenvalue weighted by Crippen LogP contribution is 2.17. The Kier molecular flexibility index (Phi) is 50.7. The Labute approximate surface area is 387 Å². The molecule has 6 heteroatoms. The number of hydrogen-bond acceptors (Lipinski definition) is 6. The van der Waals surface area contributed by atoms with E-state index in [1.807, 2.05) is 0 Å². The topological polar surface area (TPSA) is 78.9 Å². The van der Waals surface area contributed by atoms with Crippen LogP contribution in [0.2, 0.25) is 0 Å². The first-order valence-electron chi connectivity index (χ1n) is 28.0. The summed E-state index contributed by atoms with van der Waals surface area (Å²) in [5.74, 6) is -0.838. The second-order valence-electron chi connectivity index (χ2n) is 19.2. The molecule has 0 aromatic rings. The van der Waals surface area contributed by atoms with E-state index in [1.165, 1.54) is 225 Å². The number of carbonyl (C=O) groups excluding carboxylic acids is 3. The third kappa shape index (κ3) is 49.4. The minimum absolute atomic E-state index is 0.0615. The van der Waals surface area contributed by atoms with Crippen molar-refractivity contribution < 1.29 is 28.6 Å². The number of hydrogen-bond donors (Lipinski definition) is 0. The second kappa shape index (κ2) is 52.0. The highest BCUT2D eigenvalue weighted by Gasteiger charge is 2.19. The Morgan fingerprint density at radius 1 is 0.258 bits per heavy atom. The van der Waals surface area contributed by atoms with E-state index < -0.39 is 6.10 Å². The SMILES string of the molecule is CCCCCCCCCCCCCCCCCCCCC(=O)OC[C@H](COC(=O)CCCCCCCCCCC)OC(=O)CCCCCCCCCCCCCCCCCCC. The van der Waals surface area contributed by atoms with Crippen LogP contribution in [-0.4, -0.2) is 37.2 Å². The van der Waals surface area contributed by atoms with E-state index in [0.29, 0.717) is 19.3 Å². The van der Waals surface area contributed by atoms with E-state index in [-0.39, 0.29) is 31.1 Å². The van der Waals surface area contributed by atoms with Gasteiger partial charge in [0.1, 0.15) is 13.2 Å². The van der Waals surface area contributed by atoms with Crippen molar-refractivity contribution in [2.45, 2.75) is 329 Å². The molecule has 0 fully saturated rings. The smallest absolute Gasteiger partial charge is 0.306 e. The van der Waals surface area contributed by atoms with Crippen LogP contribution >= 0.6 is 0 Å². The predicted molar refractivity (Wildman–Crippen MR) is 266 cm³/mol. The first kappa shape index (κ1) is 60.4. The summed E-state index contributed by atoms with van der Waals surface area (Å²) in [7, 11) is 0. The van der Waals surface area contributed by atoms with Gasteiger partial charge in [0.25, 0.3) is 0 Å². The summed E-state index contributed by atoms with van der Waals surface area (Å²) >= 11 is 0. The molecule has 62 heavy (non-hydrogen) atoms. The van der Waals surface area contributed by atoms with Crippen molar-refractivity contribution in [3.63, 3.8) is 0 Å². The monoisotopic (exact) mass is 877 g/mol. The van der Waals surface area contributed by atoms with Crippen LogP contribution in [0.15, 0.2) is 0 Å². The number of ether oxygens (including phenoxy) is 3. The van der Waals surface area contributed by atoms with Gasteiger partial charge in [-0.2, -0.15) is 0 Å². The molecule has 0 saturated carbocycles. The highest BCUT2D eigenvalue weighted by atomic mass is 16.6. The predicted octanol–water partition coefficient (Wildman–Crippen LogP) is 18.4. The number of esters is 3. The zero-order valence-electron chi connectivity index (χ0n) is 42.2. The standard InChI is InChI=1S/C56H108O6/c1-4-7-10-13-16-19-21-23-25-27-29-30-32-34-37-40-43-46-49-55(58)61-52-53(51-60-54(57)48-45-42-39-36-18-15-12-9-6-3)62-56(59)50-47-44-41-38-35-33-31-28-26-24-22-20-17-14-11-8-5-2/h53H,4-52H2,1-3H3/t53-/m0/s1. The summed E-state index contributed by atoms with van der Waals surface area (Å²) in [5, 5.41) is 0. The molecule has 0 aromatic heterocycles. The normalized spacial score (nSPS) is 11.9. The molecular formula is C56H108O6. The Morgan fingerprint density at radius 2 is 0.435 bits per heavy atom. The molecule has 0 aliphatic carbocycles. The van der Waals surface area contributed by atoms with Gasteiger partial charge in [0, 0.05) is 19.3 Å². The van der Waals surface area contributed by atoms with Gasteiger partial charge in [-0.3, -0.25) is 14.4 Å². The van der Waals surface area contributed by atoms with Crippen LogP contribution in [0.25, 0.3) is 0 Å². The molecule has 0 unspecified atom stereocenters. The zero-order valence-corrected chi connectivity index (χ0v) is 42.2. The fraction of sp³-hybridized carbons (Fsp3) is 0.946. The van der Waals surface area contributed by atoms with Crippen LogP contribution in [-0.2, 0) is 28.6 Å². The van der Waals surface area contributed by atoms with Gasteiger partial charge < -0.3 is 14.2 Å². The summed E-state index contributed by atoms with van der Waals surface area (Å²) in [6.07, 6.45) is 56.7. The van der Waals surface area contributed by atoms with Crippen molar-refractivity contribution in [1.82, 2.24) is 0 Å². The molecule has 0 N–H and O–H groups in total. The van der Waals surface area contributed by atoms with Crippen LogP contribution < -0.4 is 0 Å². The zero-order chi connectivity index (χ0) is 45.1. The molecule has 0 radical (unpaired) electrons. The van der Waals surface area contributed by atoms with Crippen molar-refractivity contribution in [3.05, 3.63) is 0 Å². The first-order chi connectivity index (χ1) is 30.5. The maximum absolute atomic E-state index is 12.8. The maximum atomic E-state index is 12.8. The van der Waals surface area contributed by atoms with Crippen LogP contribution in [0.3, 0.4) is 0 Å². The first-order valence-corrected chi connectivity index (χ1v) is 28.0. The molecule has 0 saturated heterocycles. The maximum Gasteiger partial charge on any atom is 0.306 e. The summed E-state index contributed by atoms with van der Waals surface area (Å²) in [5.41, 5.74) is 0. The Bertz CT molecular complexity index is 920. The fourth-order valence-corrected chi connectivity index (χ4v) is 8.62. The molecule has 6 nitrogen and oxygen atoms in total. The average molecular weight is 877 g/mol. The lowest BCUT2D eigenvalue weighted by atomic mass is 10.0. The molecule has 0 amide bonds. The Balaban J connectivity index is 4.21. The Morgan fingerprint density at radius 3 is 0.645 bits per heavy atom. The number of rotatable bonds is 52. The molecule has 368 valence electrons. The summed E-state index contributed by atoms with van der Waals surface area (Å²) in [4.78, 5) is 38.0. The van der Waals surface area contributed by atoms with Crippen molar-refractivity contribution in [2.75, 3.05) is 13.2 Å². The van der Waals surface area contributed by atoms with Crippen LogP contribution in [0.5, 0.6) is 0 Å². The lowest BCUT2D eigenvalue weighted by Gasteiger charge is -2.18. The van der Waals surface area contributed by atoms with Crippen molar-refractivity contribution in [2.24, 2.45) is 0 Å². The van der Waals surface area contributed by atoms with Gasteiger partial charge in [0.2, 0.25) is 0 Å². The van der Waals surface area contributed by atoms with Gasteiger partial charge >= 0.3 is 17.9 Å². The van der Waals surface area contributed by atoms with E-state index in [4.69, 9.17) is 14.2 Å². The Hall–Kier alpha value is -1.59. The molecular weight excluding hydrogens is 769 g/mol. The third-order valence-corrected chi connectivity index (χ3v) is 12.9. The van der Waals surface area contributed by atoms with E-state index in [2.05, 4.69) is 20.8 Å². The molecule has 0 heterocycles. The van der Waals surface area contributed by atoms with Crippen molar-refractivity contribution in [3.8, 4) is 0 Å². The summed E-state index contributed by atoms with van der Waals surface area (Å²) in [6.45, 7) is 6.68. The molecule has 0 aliphatic rings. The molecule has 0 rings (SSSR count). The molecule has 1 atom stereocenters. The minimum Gasteiger partial charge on any atom is -0.462 e. The summed E-state index contributed by atoms with van der Waals surface area (Å²) < 4.78 is 16.8. The average Bonchev–Trinajstić information content (AvgIpc) is 3.27. The van der Waals surface area contributed by atoms with Gasteiger partial charge in [0.05, 0.1) is 0 Å². The second-order valence-corrected chi connectivity index (χ2v) is 19.2. The van der Waals surface area contributed by atoms with Gasteiger partial charge in [0.15, 0.2) is 6.10 Å². The van der Waals surface area contributed by atoms with Crippen LogP contribution in [0.1, 0.15) is 323 Å². The van der Waals surface area contributed by atoms with E-state index >= 15 is 0 Å². The van der Waals surface area contributed by atoms with Crippen LogP contribution in [0, 0.1) is 0 Å². The van der Waals surface area contributed by atoms with Crippen LogP contribution in [0.4, 0.5) is 0 Å². The largest absolute Gasteiger partial charge is 0.462 e. The molecule has 0 bridgehead atoms. The molecule has 0 aromatic carbocycles. The number of carbonyl (C=O) groups is 3. The molecule has 0 aliphatic heterocycles. The van der Waals surface area contributed by atoms with Gasteiger partial charge in [-0.1, -0.05) is 284 Å². The van der Waals surface area contributed by atoms with E-state index in [1.54, 1.807) is 0 Å². The number of unbranched alkanes of at least 4 members (excludes halogenated alkanes) is 41. The van der Waals surface area contributed by atoms with E-state index in [0.717, 1.165) is 57.8 Å². The lowest BCUT2D eigenvalue weighted by molar-refractivity contribution is -0.167. The van der Waals surface area contributed by atoms with Gasteiger partial charge in [-0.05, 0) is 19.3 Å². The lowest BCUT2D eigenvalue weighted by Crippen LogP contribution is -2.30. The third-order valence-electron chi connectivity index (χ3n) is 12.9. The van der Waals surface area contributed by atoms with Crippen molar-refractivity contribution in [1.29, 1.82) is 0 Å². The van der Waals surface area contributed by atoms with Crippen molar-refractivity contribution >= 4 is 17.9 Å². The highest BCUT2D eigenvalue weighted by molar-refractivity contribution is 5.71. The van der Waals surface area contributed by atoms with E-state index in [9.17, 15) is 14.4 Å². The molecule has 0 spiro atoms. The van der Waals surface area contributed by atoms with Gasteiger partial charge in [-0.15, -0.1) is 0 Å². The quantitative estimate of drug-likeness (QED) is 0.0344. The van der Waals surface area contributed by atoms with Gasteiger partial charge in [-0.25, -0.2) is 0 Å². The fourth-order valence-electron chi connectivity index (χ4n) is 8.62. The minimum atomic E-state index is -0.760.